The molecule has 0 radical (unpaired) electrons. The van der Waals surface area contributed by atoms with Crippen molar-refractivity contribution in [2.75, 3.05) is 28.4 Å². The second-order valence-corrected chi connectivity index (χ2v) is 4.98. The van der Waals surface area contributed by atoms with Crippen LogP contribution >= 0.6 is 0 Å². The summed E-state index contributed by atoms with van der Waals surface area (Å²) in [5, 5.41) is 0. The second kappa shape index (κ2) is 5.42. The lowest BCUT2D eigenvalue weighted by Crippen LogP contribution is -2.60. The van der Waals surface area contributed by atoms with Gasteiger partial charge in [0.25, 0.3) is 0 Å². The van der Waals surface area contributed by atoms with Gasteiger partial charge in [-0.3, -0.25) is 4.79 Å². The molecule has 0 N–H and O–H groups in total. The van der Waals surface area contributed by atoms with Crippen LogP contribution < -0.4 is 4.74 Å². The molecule has 2 rings (SSSR count). The van der Waals surface area contributed by atoms with Crippen LogP contribution in [0.5, 0.6) is 5.75 Å². The van der Waals surface area contributed by atoms with Crippen molar-refractivity contribution < 1.29 is 23.7 Å². The number of rotatable bonds is 5. The minimum Gasteiger partial charge on any atom is -0.497 e. The summed E-state index contributed by atoms with van der Waals surface area (Å²) in [7, 11) is 6.15. The minimum atomic E-state index is -0.741. The molecule has 1 aromatic rings. The number of hydrogen-bond donors (Lipinski definition) is 0. The first-order chi connectivity index (χ1) is 9.55. The largest absolute Gasteiger partial charge is 0.497 e. The third kappa shape index (κ3) is 2.17. The van der Waals surface area contributed by atoms with Crippen LogP contribution in [-0.4, -0.2) is 40.2 Å². The molecule has 20 heavy (non-hydrogen) atoms. The Hall–Kier alpha value is -1.59. The molecule has 0 bridgehead atoms. The highest BCUT2D eigenvalue weighted by molar-refractivity contribution is 5.85. The summed E-state index contributed by atoms with van der Waals surface area (Å²) >= 11 is 0. The quantitative estimate of drug-likeness (QED) is 0.609. The van der Waals surface area contributed by atoms with E-state index in [9.17, 15) is 4.79 Å². The summed E-state index contributed by atoms with van der Waals surface area (Å²) in [6.45, 7) is 0. The van der Waals surface area contributed by atoms with Gasteiger partial charge in [0.1, 0.15) is 11.2 Å². The number of carbonyl (C=O) groups is 1. The van der Waals surface area contributed by atoms with E-state index < -0.39 is 11.2 Å². The Labute approximate surface area is 118 Å². The molecule has 0 unspecified atom stereocenters. The topological polar surface area (TPSA) is 54.0 Å². The van der Waals surface area contributed by atoms with E-state index >= 15 is 0 Å². The first-order valence-electron chi connectivity index (χ1n) is 6.39. The molecule has 0 heterocycles. The van der Waals surface area contributed by atoms with E-state index in [0.717, 1.165) is 5.56 Å². The molecule has 1 saturated carbocycles. The summed E-state index contributed by atoms with van der Waals surface area (Å²) < 4.78 is 21.0. The fourth-order valence-corrected chi connectivity index (χ4v) is 2.82. The molecule has 0 aliphatic heterocycles. The molecule has 5 nitrogen and oxygen atoms in total. The molecule has 0 spiro atoms. The van der Waals surface area contributed by atoms with Crippen LogP contribution in [0, 0.1) is 0 Å². The maximum atomic E-state index is 12.3. The van der Waals surface area contributed by atoms with E-state index in [-0.39, 0.29) is 5.97 Å². The summed E-state index contributed by atoms with van der Waals surface area (Å²) in [5.41, 5.74) is 0.114. The molecule has 0 amide bonds. The summed E-state index contributed by atoms with van der Waals surface area (Å²) in [4.78, 5) is 12.3. The molecule has 5 heteroatoms. The van der Waals surface area contributed by atoms with Gasteiger partial charge in [0.05, 0.1) is 14.2 Å². The van der Waals surface area contributed by atoms with Crippen molar-refractivity contribution in [3.63, 3.8) is 0 Å². The molecule has 1 fully saturated rings. The van der Waals surface area contributed by atoms with Gasteiger partial charge < -0.3 is 18.9 Å². The Bertz CT molecular complexity index is 485. The van der Waals surface area contributed by atoms with Crippen LogP contribution in [0.2, 0.25) is 0 Å². The fourth-order valence-electron chi connectivity index (χ4n) is 2.82. The van der Waals surface area contributed by atoms with Gasteiger partial charge in [-0.05, 0) is 17.7 Å². The summed E-state index contributed by atoms with van der Waals surface area (Å²) in [6, 6.07) is 7.45. The lowest BCUT2D eigenvalue weighted by Gasteiger charge is -2.52. The predicted molar refractivity (Wildman–Crippen MR) is 72.7 cm³/mol. The van der Waals surface area contributed by atoms with Gasteiger partial charge in [-0.25, -0.2) is 0 Å². The van der Waals surface area contributed by atoms with Gasteiger partial charge in [-0.2, -0.15) is 0 Å². The monoisotopic (exact) mass is 280 g/mol. The average molecular weight is 280 g/mol. The van der Waals surface area contributed by atoms with Gasteiger partial charge in [0.15, 0.2) is 5.79 Å². The third-order valence-electron chi connectivity index (χ3n) is 4.08. The molecule has 0 atom stereocenters. The molecule has 1 aliphatic carbocycles. The van der Waals surface area contributed by atoms with Crippen molar-refractivity contribution in [3.8, 4) is 5.75 Å². The molecule has 110 valence electrons. The maximum absolute atomic E-state index is 12.3. The van der Waals surface area contributed by atoms with Crippen LogP contribution in [0.3, 0.4) is 0 Å². The number of methoxy groups -OCH3 is 4. The van der Waals surface area contributed by atoms with Crippen LogP contribution in [0.1, 0.15) is 18.4 Å². The van der Waals surface area contributed by atoms with Crippen molar-refractivity contribution in [1.29, 1.82) is 0 Å². The normalized spacial score (nSPS) is 19.0. The van der Waals surface area contributed by atoms with E-state index in [1.807, 2.05) is 24.3 Å². The second-order valence-electron chi connectivity index (χ2n) is 4.98. The Morgan fingerprint density at radius 3 is 2.25 bits per heavy atom. The Morgan fingerprint density at radius 2 is 1.75 bits per heavy atom. The Kier molecular flexibility index (Phi) is 4.01. The molecule has 1 aromatic carbocycles. The van der Waals surface area contributed by atoms with Crippen molar-refractivity contribution in [3.05, 3.63) is 29.8 Å². The Morgan fingerprint density at radius 1 is 1.10 bits per heavy atom. The van der Waals surface area contributed by atoms with Crippen molar-refractivity contribution >= 4 is 5.97 Å². The molecule has 0 saturated heterocycles. The number of ether oxygens (including phenoxy) is 4. The fraction of sp³-hybridized carbons (Fsp3) is 0.533. The van der Waals surface area contributed by atoms with Gasteiger partial charge in [-0.1, -0.05) is 12.1 Å². The third-order valence-corrected chi connectivity index (χ3v) is 4.08. The number of carbonyl (C=O) groups excluding carboxylic acids is 1. The van der Waals surface area contributed by atoms with E-state index in [1.165, 1.54) is 7.11 Å². The summed E-state index contributed by atoms with van der Waals surface area (Å²) in [5.74, 6) is -0.300. The lowest BCUT2D eigenvalue weighted by atomic mass is 9.60. The highest BCUT2D eigenvalue weighted by Crippen LogP contribution is 2.53. The zero-order chi connectivity index (χ0) is 14.8. The van der Waals surface area contributed by atoms with Gasteiger partial charge in [0, 0.05) is 27.1 Å². The molecule has 0 aromatic heterocycles. The van der Waals surface area contributed by atoms with Crippen LogP contribution in [0.15, 0.2) is 24.3 Å². The van der Waals surface area contributed by atoms with E-state index in [4.69, 9.17) is 18.9 Å². The molecular formula is C15H20O5. The first-order valence-corrected chi connectivity index (χ1v) is 6.39. The van der Waals surface area contributed by atoms with E-state index in [2.05, 4.69) is 0 Å². The SMILES string of the molecule is COC(=O)C1(c2cccc(OC)c2)CC(OC)(OC)C1. The minimum absolute atomic E-state index is 0.282. The highest BCUT2D eigenvalue weighted by atomic mass is 16.7. The predicted octanol–water partition coefficient (Wildman–Crippen LogP) is 1.89. The van der Waals surface area contributed by atoms with Crippen molar-refractivity contribution in [2.24, 2.45) is 0 Å². The van der Waals surface area contributed by atoms with Crippen LogP contribution in [0.4, 0.5) is 0 Å². The molecular weight excluding hydrogens is 260 g/mol. The highest BCUT2D eigenvalue weighted by Gasteiger charge is 2.62. The number of hydrogen-bond acceptors (Lipinski definition) is 5. The van der Waals surface area contributed by atoms with Crippen molar-refractivity contribution in [2.45, 2.75) is 24.0 Å². The number of esters is 1. The van der Waals surface area contributed by atoms with E-state index in [0.29, 0.717) is 18.6 Å². The summed E-state index contributed by atoms with van der Waals surface area (Å²) in [6.07, 6.45) is 0.847. The van der Waals surface area contributed by atoms with Crippen molar-refractivity contribution in [1.82, 2.24) is 0 Å². The number of benzene rings is 1. The first kappa shape index (κ1) is 14.8. The zero-order valence-electron chi connectivity index (χ0n) is 12.3. The lowest BCUT2D eigenvalue weighted by molar-refractivity contribution is -0.278. The van der Waals surface area contributed by atoms with Gasteiger partial charge in [-0.15, -0.1) is 0 Å². The standard InChI is InChI=1S/C15H20O5/c1-17-12-7-5-6-11(8-12)14(13(16)18-2)9-15(10-14,19-3)20-4/h5-8H,9-10H2,1-4H3. The molecule has 1 aliphatic rings. The van der Waals surface area contributed by atoms with Gasteiger partial charge >= 0.3 is 5.97 Å². The smallest absolute Gasteiger partial charge is 0.316 e. The zero-order valence-corrected chi connectivity index (χ0v) is 12.3. The maximum Gasteiger partial charge on any atom is 0.316 e. The van der Waals surface area contributed by atoms with E-state index in [1.54, 1.807) is 21.3 Å². The van der Waals surface area contributed by atoms with Crippen LogP contribution in [0.25, 0.3) is 0 Å². The van der Waals surface area contributed by atoms with Gasteiger partial charge in [0.2, 0.25) is 0 Å². The van der Waals surface area contributed by atoms with Crippen LogP contribution in [-0.2, 0) is 24.4 Å². The average Bonchev–Trinajstić information content (AvgIpc) is 2.47. The Balaban J connectivity index is 2.38.